The lowest BCUT2D eigenvalue weighted by atomic mass is 10.4. The van der Waals surface area contributed by atoms with E-state index in [1.807, 2.05) is 0 Å². The first-order chi connectivity index (χ1) is 6.68. The summed E-state index contributed by atoms with van der Waals surface area (Å²) in [6, 6.07) is 0. The van der Waals surface area contributed by atoms with Gasteiger partial charge in [0.05, 0.1) is 0 Å². The zero-order chi connectivity index (χ0) is 10.9. The molecule has 0 saturated heterocycles. The molecule has 0 rings (SSSR count). The van der Waals surface area contributed by atoms with Crippen molar-refractivity contribution in [1.82, 2.24) is 0 Å². The van der Waals surface area contributed by atoms with E-state index in [-0.39, 0.29) is 0 Å². The van der Waals surface area contributed by atoms with E-state index in [9.17, 15) is 0 Å². The molecule has 2 heteroatoms. The predicted molar refractivity (Wildman–Crippen MR) is 75.8 cm³/mol. The quantitative estimate of drug-likeness (QED) is 0.524. The number of rotatable bonds is 9. The lowest BCUT2D eigenvalue weighted by Gasteiger charge is -2.33. The minimum Gasteiger partial charge on any atom is -0.183 e. The highest BCUT2D eigenvalue weighted by molar-refractivity contribution is 9.58. The van der Waals surface area contributed by atoms with Gasteiger partial charge in [-0.1, -0.05) is 40.0 Å². The average molecular weight is 283 g/mol. The Morgan fingerprint density at radius 1 is 0.714 bits per heavy atom. The first-order valence-corrected chi connectivity index (χ1v) is 10.1. The molecule has 0 aliphatic carbocycles. The van der Waals surface area contributed by atoms with E-state index in [0.29, 0.717) is 0 Å². The normalized spacial score (nSPS) is 13.1. The SMILES string of the molecule is CCCCS(Br)(CCCC)CCCC. The molecule has 88 valence electrons. The fourth-order valence-corrected chi connectivity index (χ4v) is 6.61. The second kappa shape index (κ2) is 9.08. The van der Waals surface area contributed by atoms with Gasteiger partial charge in [-0.25, -0.2) is 0 Å². The topological polar surface area (TPSA) is 0 Å². The summed E-state index contributed by atoms with van der Waals surface area (Å²) < 4.78 is 0. The zero-order valence-corrected chi connectivity index (χ0v) is 12.6. The Labute approximate surface area is 99.8 Å². The van der Waals surface area contributed by atoms with Crippen LogP contribution in [0.4, 0.5) is 0 Å². The minimum atomic E-state index is -0.413. The van der Waals surface area contributed by atoms with Gasteiger partial charge in [-0.15, -0.1) is 0 Å². The second-order valence-electron chi connectivity index (χ2n) is 4.11. The Hall–Kier alpha value is 0.830. The van der Waals surface area contributed by atoms with Gasteiger partial charge in [0.25, 0.3) is 0 Å². The molecule has 0 aromatic carbocycles. The molecule has 0 fully saturated rings. The molecular weight excluding hydrogens is 256 g/mol. The van der Waals surface area contributed by atoms with Crippen LogP contribution in [0.5, 0.6) is 0 Å². The van der Waals surface area contributed by atoms with Crippen LogP contribution in [0.1, 0.15) is 59.3 Å². The van der Waals surface area contributed by atoms with Gasteiger partial charge in [0.1, 0.15) is 0 Å². The largest absolute Gasteiger partial charge is 0.183 e. The zero-order valence-electron chi connectivity index (χ0n) is 10.2. The van der Waals surface area contributed by atoms with Gasteiger partial charge in [0.2, 0.25) is 0 Å². The van der Waals surface area contributed by atoms with E-state index in [1.54, 1.807) is 0 Å². The van der Waals surface area contributed by atoms with Crippen molar-refractivity contribution in [3.8, 4) is 0 Å². The van der Waals surface area contributed by atoms with Crippen molar-refractivity contribution in [1.29, 1.82) is 0 Å². The molecule has 0 atom stereocenters. The third-order valence-corrected chi connectivity index (χ3v) is 8.57. The van der Waals surface area contributed by atoms with Crippen molar-refractivity contribution in [2.24, 2.45) is 0 Å². The summed E-state index contributed by atoms with van der Waals surface area (Å²) in [5.41, 5.74) is 0. The molecule has 0 bridgehead atoms. The summed E-state index contributed by atoms with van der Waals surface area (Å²) in [6.45, 7) is 6.89. The molecule has 0 saturated carbocycles. The second-order valence-corrected chi connectivity index (χ2v) is 11.3. The van der Waals surface area contributed by atoms with Crippen LogP contribution in [0.15, 0.2) is 0 Å². The molecule has 0 aromatic heterocycles. The van der Waals surface area contributed by atoms with Crippen LogP contribution in [-0.2, 0) is 0 Å². The standard InChI is InChI=1S/C12H27BrS/c1-4-7-10-14(13,11-8-5-2)12-9-6-3/h4-12H2,1-3H3. The summed E-state index contributed by atoms with van der Waals surface area (Å²) in [7, 11) is -0.413. The molecule has 0 nitrogen and oxygen atoms in total. The summed E-state index contributed by atoms with van der Waals surface area (Å²) >= 11 is 4.07. The van der Waals surface area contributed by atoms with E-state index in [1.165, 1.54) is 55.8 Å². The van der Waals surface area contributed by atoms with Gasteiger partial charge < -0.3 is 0 Å². The number of hydrogen-bond acceptors (Lipinski definition) is 0. The Bertz CT molecular complexity index is 104. The maximum absolute atomic E-state index is 4.07. The summed E-state index contributed by atoms with van der Waals surface area (Å²) in [5.74, 6) is 4.34. The fourth-order valence-electron chi connectivity index (χ4n) is 1.52. The molecule has 14 heavy (non-hydrogen) atoms. The summed E-state index contributed by atoms with van der Waals surface area (Å²) in [5, 5.41) is 0. The third-order valence-electron chi connectivity index (χ3n) is 2.59. The predicted octanol–water partition coefficient (Wildman–Crippen LogP) is 5.50. The highest BCUT2D eigenvalue weighted by Gasteiger charge is 2.18. The number of halogens is 1. The average Bonchev–Trinajstić information content (AvgIpc) is 2.21. The third kappa shape index (κ3) is 7.17. The molecule has 0 aliphatic rings. The van der Waals surface area contributed by atoms with Crippen LogP contribution in [-0.4, -0.2) is 17.3 Å². The van der Waals surface area contributed by atoms with E-state index in [2.05, 4.69) is 35.6 Å². The van der Waals surface area contributed by atoms with Crippen molar-refractivity contribution in [2.45, 2.75) is 59.3 Å². The van der Waals surface area contributed by atoms with Crippen molar-refractivity contribution in [3.05, 3.63) is 0 Å². The smallest absolute Gasteiger partial charge is 0.0136 e. The van der Waals surface area contributed by atoms with E-state index in [4.69, 9.17) is 0 Å². The molecule has 0 aliphatic heterocycles. The molecule has 0 spiro atoms. The van der Waals surface area contributed by atoms with Gasteiger partial charge in [-0.3, -0.25) is 0 Å². The van der Waals surface area contributed by atoms with Gasteiger partial charge in [0.15, 0.2) is 0 Å². The highest BCUT2D eigenvalue weighted by Crippen LogP contribution is 2.57. The van der Waals surface area contributed by atoms with Crippen LogP contribution in [0.2, 0.25) is 0 Å². The van der Waals surface area contributed by atoms with Crippen LogP contribution >= 0.6 is 23.3 Å². The monoisotopic (exact) mass is 282 g/mol. The van der Waals surface area contributed by atoms with Gasteiger partial charge in [-0.2, -0.15) is 8.46 Å². The van der Waals surface area contributed by atoms with Crippen LogP contribution in [0.3, 0.4) is 0 Å². The lowest BCUT2D eigenvalue weighted by molar-refractivity contribution is 0.854. The molecule has 0 N–H and O–H groups in total. The van der Waals surface area contributed by atoms with Gasteiger partial charge in [0, 0.05) is 0 Å². The van der Waals surface area contributed by atoms with Crippen molar-refractivity contribution < 1.29 is 0 Å². The number of hydrogen-bond donors (Lipinski definition) is 0. The molecule has 0 radical (unpaired) electrons. The summed E-state index contributed by atoms with van der Waals surface area (Å²) in [6.07, 6.45) is 8.27. The van der Waals surface area contributed by atoms with Gasteiger partial charge in [-0.05, 0) is 51.3 Å². The van der Waals surface area contributed by atoms with Crippen LogP contribution < -0.4 is 0 Å². The van der Waals surface area contributed by atoms with Gasteiger partial charge >= 0.3 is 0 Å². The molecular formula is C12H27BrS. The first kappa shape index (κ1) is 14.8. The maximum Gasteiger partial charge on any atom is -0.0136 e. The Morgan fingerprint density at radius 2 is 1.00 bits per heavy atom. The molecule has 0 unspecified atom stereocenters. The molecule has 0 heterocycles. The Morgan fingerprint density at radius 3 is 1.21 bits per heavy atom. The lowest BCUT2D eigenvalue weighted by Crippen LogP contribution is -2.07. The van der Waals surface area contributed by atoms with E-state index < -0.39 is 8.46 Å². The minimum absolute atomic E-state index is 0.413. The molecule has 0 amide bonds. The molecule has 0 aromatic rings. The highest BCUT2D eigenvalue weighted by atomic mass is 79.9. The van der Waals surface area contributed by atoms with Crippen molar-refractivity contribution in [3.63, 3.8) is 0 Å². The van der Waals surface area contributed by atoms with Crippen LogP contribution in [0, 0.1) is 0 Å². The van der Waals surface area contributed by atoms with E-state index >= 15 is 0 Å². The number of unbranched alkanes of at least 4 members (excludes halogenated alkanes) is 3. The van der Waals surface area contributed by atoms with Crippen molar-refractivity contribution >= 4 is 23.3 Å². The first-order valence-electron chi connectivity index (χ1n) is 6.14. The summed E-state index contributed by atoms with van der Waals surface area (Å²) in [4.78, 5) is 0. The fraction of sp³-hybridized carbons (Fsp3) is 1.00. The van der Waals surface area contributed by atoms with E-state index in [0.717, 1.165) is 0 Å². The van der Waals surface area contributed by atoms with Crippen molar-refractivity contribution in [2.75, 3.05) is 17.3 Å². The Balaban J connectivity index is 3.89. The van der Waals surface area contributed by atoms with Crippen LogP contribution in [0.25, 0.3) is 0 Å². The Kier molecular flexibility index (Phi) is 9.62. The maximum atomic E-state index is 4.07.